The summed E-state index contributed by atoms with van der Waals surface area (Å²) in [6.45, 7) is 0. The number of nitrogens with two attached hydrogens (primary N) is 1. The Kier molecular flexibility index (Phi) is 3.05. The highest BCUT2D eigenvalue weighted by Gasteiger charge is 2.20. The molecule has 1 aromatic heterocycles. The van der Waals surface area contributed by atoms with E-state index in [1.807, 2.05) is 5.43 Å². The molecule has 0 radical (unpaired) electrons. The van der Waals surface area contributed by atoms with Crippen molar-refractivity contribution in [3.8, 4) is 0 Å². The van der Waals surface area contributed by atoms with Crippen LogP contribution in [0.3, 0.4) is 0 Å². The molecule has 86 valence electrons. The topological polar surface area (TPSA) is 77.1 Å². The molecule has 1 aliphatic carbocycles. The van der Waals surface area contributed by atoms with Gasteiger partial charge in [0.15, 0.2) is 0 Å². The number of nitrogen functional groups attached to an aromatic ring is 1. The lowest BCUT2D eigenvalue weighted by molar-refractivity contribution is 0.0951. The molecule has 0 aromatic carbocycles. The van der Waals surface area contributed by atoms with Gasteiger partial charge in [0.05, 0.1) is 0 Å². The molecule has 1 fully saturated rings. The van der Waals surface area contributed by atoms with E-state index in [1.54, 1.807) is 16.8 Å². The standard InChI is InChI=1S/C11H15N3O2/c12-13-10(15)9-6-3-7-14(11(9)16)8-4-1-2-5-8/h3,6-8H,1-2,4-5,12H2,(H,13,15). The van der Waals surface area contributed by atoms with Crippen molar-refractivity contribution in [1.29, 1.82) is 0 Å². The van der Waals surface area contributed by atoms with Crippen LogP contribution in [-0.4, -0.2) is 10.5 Å². The molecule has 1 saturated carbocycles. The highest BCUT2D eigenvalue weighted by atomic mass is 16.2. The third-order valence-corrected chi connectivity index (χ3v) is 3.07. The van der Waals surface area contributed by atoms with Gasteiger partial charge < -0.3 is 4.57 Å². The summed E-state index contributed by atoms with van der Waals surface area (Å²) >= 11 is 0. The first-order valence-corrected chi connectivity index (χ1v) is 5.46. The zero-order valence-corrected chi connectivity index (χ0v) is 8.98. The largest absolute Gasteiger partial charge is 0.312 e. The summed E-state index contributed by atoms with van der Waals surface area (Å²) in [5, 5.41) is 0. The molecule has 3 N–H and O–H groups in total. The van der Waals surface area contributed by atoms with Gasteiger partial charge in [-0.1, -0.05) is 12.8 Å². The Labute approximate surface area is 93.2 Å². The minimum absolute atomic E-state index is 0.108. The fraction of sp³-hybridized carbons (Fsp3) is 0.455. The molecule has 1 aliphatic rings. The molecule has 1 heterocycles. The van der Waals surface area contributed by atoms with Gasteiger partial charge in [-0.15, -0.1) is 0 Å². The minimum atomic E-state index is -0.530. The van der Waals surface area contributed by atoms with Crippen molar-refractivity contribution in [3.05, 3.63) is 34.2 Å². The van der Waals surface area contributed by atoms with Crippen LogP contribution < -0.4 is 16.8 Å². The van der Waals surface area contributed by atoms with E-state index in [4.69, 9.17) is 5.84 Å². The third-order valence-electron chi connectivity index (χ3n) is 3.07. The first-order valence-electron chi connectivity index (χ1n) is 5.46. The number of hydrogen-bond acceptors (Lipinski definition) is 3. The van der Waals surface area contributed by atoms with Crippen LogP contribution in [0.25, 0.3) is 0 Å². The lowest BCUT2D eigenvalue weighted by atomic mass is 10.2. The van der Waals surface area contributed by atoms with Crippen molar-refractivity contribution in [2.45, 2.75) is 31.7 Å². The quantitative estimate of drug-likeness (QED) is 0.435. The molecule has 16 heavy (non-hydrogen) atoms. The van der Waals surface area contributed by atoms with Crippen LogP contribution in [0.15, 0.2) is 23.1 Å². The Morgan fingerprint density at radius 1 is 1.44 bits per heavy atom. The average molecular weight is 221 g/mol. The average Bonchev–Trinajstić information content (AvgIpc) is 2.82. The summed E-state index contributed by atoms with van der Waals surface area (Å²) in [5.74, 6) is 4.50. The van der Waals surface area contributed by atoms with E-state index >= 15 is 0 Å². The van der Waals surface area contributed by atoms with Gasteiger partial charge in [0, 0.05) is 12.2 Å². The second-order valence-corrected chi connectivity index (χ2v) is 4.05. The van der Waals surface area contributed by atoms with Crippen LogP contribution in [0.2, 0.25) is 0 Å². The SMILES string of the molecule is NNC(=O)c1cccn(C2CCCC2)c1=O. The normalized spacial score (nSPS) is 16.3. The molecular weight excluding hydrogens is 206 g/mol. The summed E-state index contributed by atoms with van der Waals surface area (Å²) in [7, 11) is 0. The Morgan fingerprint density at radius 2 is 2.12 bits per heavy atom. The van der Waals surface area contributed by atoms with Crippen molar-refractivity contribution >= 4 is 5.91 Å². The first kappa shape index (κ1) is 10.9. The fourth-order valence-corrected chi connectivity index (χ4v) is 2.23. The van der Waals surface area contributed by atoms with Crippen LogP contribution in [-0.2, 0) is 0 Å². The summed E-state index contributed by atoms with van der Waals surface area (Å²) < 4.78 is 1.65. The summed E-state index contributed by atoms with van der Waals surface area (Å²) in [5.41, 5.74) is 1.84. The van der Waals surface area contributed by atoms with Crippen LogP contribution in [0.1, 0.15) is 42.1 Å². The number of carbonyl (C=O) groups is 1. The zero-order chi connectivity index (χ0) is 11.5. The number of hydrazine groups is 1. The minimum Gasteiger partial charge on any atom is -0.312 e. The van der Waals surface area contributed by atoms with E-state index in [9.17, 15) is 9.59 Å². The van der Waals surface area contributed by atoms with Crippen LogP contribution >= 0.6 is 0 Å². The molecule has 0 spiro atoms. The molecule has 5 nitrogen and oxygen atoms in total. The van der Waals surface area contributed by atoms with Crippen molar-refractivity contribution in [1.82, 2.24) is 9.99 Å². The summed E-state index contributed by atoms with van der Waals surface area (Å²) in [6, 6.07) is 3.44. The van der Waals surface area contributed by atoms with Crippen LogP contribution in [0, 0.1) is 0 Å². The van der Waals surface area contributed by atoms with Gasteiger partial charge in [-0.3, -0.25) is 15.0 Å². The van der Waals surface area contributed by atoms with Gasteiger partial charge in [-0.2, -0.15) is 0 Å². The van der Waals surface area contributed by atoms with Crippen molar-refractivity contribution in [2.24, 2.45) is 5.84 Å². The molecule has 2 rings (SSSR count). The molecule has 0 aliphatic heterocycles. The van der Waals surface area contributed by atoms with Gasteiger partial charge in [0.2, 0.25) is 0 Å². The van der Waals surface area contributed by atoms with Gasteiger partial charge in [-0.25, -0.2) is 5.84 Å². The van der Waals surface area contributed by atoms with Gasteiger partial charge in [-0.05, 0) is 25.0 Å². The van der Waals surface area contributed by atoms with E-state index < -0.39 is 5.91 Å². The molecule has 1 amide bonds. The molecule has 0 atom stereocenters. The van der Waals surface area contributed by atoms with E-state index in [0.29, 0.717) is 0 Å². The number of aromatic nitrogens is 1. The van der Waals surface area contributed by atoms with Gasteiger partial charge >= 0.3 is 0 Å². The molecule has 5 heteroatoms. The highest BCUT2D eigenvalue weighted by molar-refractivity contribution is 5.93. The molecule has 0 bridgehead atoms. The number of hydrogen-bond donors (Lipinski definition) is 2. The molecule has 0 unspecified atom stereocenters. The first-order chi connectivity index (χ1) is 7.74. The van der Waals surface area contributed by atoms with E-state index in [-0.39, 0.29) is 17.2 Å². The summed E-state index contributed by atoms with van der Waals surface area (Å²) in [4.78, 5) is 23.4. The lowest BCUT2D eigenvalue weighted by Crippen LogP contribution is -2.37. The number of nitrogens with one attached hydrogen (secondary N) is 1. The molecule has 1 aromatic rings. The maximum atomic E-state index is 12.0. The lowest BCUT2D eigenvalue weighted by Gasteiger charge is -2.13. The van der Waals surface area contributed by atoms with Crippen LogP contribution in [0.5, 0.6) is 0 Å². The predicted octanol–water partition coefficient (Wildman–Crippen LogP) is 0.567. The van der Waals surface area contributed by atoms with Gasteiger partial charge in [0.25, 0.3) is 11.5 Å². The highest BCUT2D eigenvalue weighted by Crippen LogP contribution is 2.27. The third kappa shape index (κ3) is 1.86. The van der Waals surface area contributed by atoms with Crippen LogP contribution in [0.4, 0.5) is 0 Å². The van der Waals surface area contributed by atoms with Crippen molar-refractivity contribution < 1.29 is 4.79 Å². The zero-order valence-electron chi connectivity index (χ0n) is 8.98. The van der Waals surface area contributed by atoms with E-state index in [0.717, 1.165) is 25.7 Å². The Morgan fingerprint density at radius 3 is 2.75 bits per heavy atom. The second kappa shape index (κ2) is 4.49. The Bertz CT molecular complexity index is 447. The molecule has 0 saturated heterocycles. The number of rotatable bonds is 2. The van der Waals surface area contributed by atoms with Crippen molar-refractivity contribution in [2.75, 3.05) is 0 Å². The maximum Gasteiger partial charge on any atom is 0.270 e. The van der Waals surface area contributed by atoms with E-state index in [1.165, 1.54) is 6.07 Å². The predicted molar refractivity (Wildman–Crippen MR) is 59.9 cm³/mol. The number of amides is 1. The molecular formula is C11H15N3O2. The Hall–Kier alpha value is -1.62. The monoisotopic (exact) mass is 221 g/mol. The van der Waals surface area contributed by atoms with Crippen molar-refractivity contribution in [3.63, 3.8) is 0 Å². The number of nitrogens with zero attached hydrogens (tertiary/aromatic N) is 1. The van der Waals surface area contributed by atoms with E-state index in [2.05, 4.69) is 0 Å². The fourth-order valence-electron chi connectivity index (χ4n) is 2.23. The number of carbonyl (C=O) groups excluding carboxylic acids is 1. The number of pyridine rings is 1. The summed E-state index contributed by atoms with van der Waals surface area (Å²) in [6.07, 6.45) is 6.04. The second-order valence-electron chi connectivity index (χ2n) is 4.05. The maximum absolute atomic E-state index is 12.0. The smallest absolute Gasteiger partial charge is 0.270 e. The Balaban J connectivity index is 2.40. The van der Waals surface area contributed by atoms with Gasteiger partial charge in [0.1, 0.15) is 5.56 Å².